The fourth-order valence-corrected chi connectivity index (χ4v) is 1.35. The zero-order valence-electron chi connectivity index (χ0n) is 9.34. The lowest BCUT2D eigenvalue weighted by atomic mass is 10.1. The Balaban J connectivity index is 3.31. The molecule has 0 saturated heterocycles. The minimum atomic E-state index is -1.13. The van der Waals surface area contributed by atoms with Crippen molar-refractivity contribution < 1.29 is 19.6 Å². The second-order valence-corrected chi connectivity index (χ2v) is 3.31. The average molecular weight is 237 g/mol. The summed E-state index contributed by atoms with van der Waals surface area (Å²) in [6.07, 6.45) is 2.16. The van der Waals surface area contributed by atoms with Crippen molar-refractivity contribution >= 4 is 17.7 Å². The van der Waals surface area contributed by atoms with Gasteiger partial charge in [0.1, 0.15) is 5.75 Å². The van der Waals surface area contributed by atoms with E-state index in [9.17, 15) is 14.9 Å². The molecule has 1 aromatic rings. The highest BCUT2D eigenvalue weighted by atomic mass is 16.6. The summed E-state index contributed by atoms with van der Waals surface area (Å²) in [5.41, 5.74) is 0.738. The van der Waals surface area contributed by atoms with Crippen molar-refractivity contribution in [3.05, 3.63) is 39.4 Å². The highest BCUT2D eigenvalue weighted by molar-refractivity contribution is 5.86. The Morgan fingerprint density at radius 2 is 2.18 bits per heavy atom. The van der Waals surface area contributed by atoms with E-state index in [2.05, 4.69) is 0 Å². The number of methoxy groups -OCH3 is 1. The molecule has 90 valence electrons. The first kappa shape index (κ1) is 12.7. The zero-order valence-corrected chi connectivity index (χ0v) is 9.34. The summed E-state index contributed by atoms with van der Waals surface area (Å²) >= 11 is 0. The smallest absolute Gasteiger partial charge is 0.328 e. The lowest BCUT2D eigenvalue weighted by Gasteiger charge is -2.06. The van der Waals surface area contributed by atoms with Gasteiger partial charge in [0.25, 0.3) is 5.69 Å². The van der Waals surface area contributed by atoms with E-state index >= 15 is 0 Å². The van der Waals surface area contributed by atoms with E-state index < -0.39 is 10.9 Å². The first-order chi connectivity index (χ1) is 7.95. The average Bonchev–Trinajstić information content (AvgIpc) is 2.26. The van der Waals surface area contributed by atoms with Crippen LogP contribution in [0.15, 0.2) is 18.2 Å². The number of nitro groups is 1. The molecule has 17 heavy (non-hydrogen) atoms. The van der Waals surface area contributed by atoms with E-state index in [1.54, 1.807) is 6.92 Å². The number of ether oxygens (including phenoxy) is 1. The summed E-state index contributed by atoms with van der Waals surface area (Å²) in [6, 6.07) is 2.78. The molecular weight excluding hydrogens is 226 g/mol. The Morgan fingerprint density at radius 1 is 1.53 bits per heavy atom. The number of aryl methyl sites for hydroxylation is 1. The van der Waals surface area contributed by atoms with Crippen LogP contribution in [-0.4, -0.2) is 23.1 Å². The van der Waals surface area contributed by atoms with Gasteiger partial charge in [-0.3, -0.25) is 10.1 Å². The number of rotatable bonds is 4. The van der Waals surface area contributed by atoms with Gasteiger partial charge >= 0.3 is 5.97 Å². The first-order valence-electron chi connectivity index (χ1n) is 4.69. The van der Waals surface area contributed by atoms with E-state index in [1.165, 1.54) is 25.3 Å². The van der Waals surface area contributed by atoms with Crippen LogP contribution >= 0.6 is 0 Å². The number of carboxylic acids is 1. The molecular formula is C11H11NO5. The first-order valence-corrected chi connectivity index (χ1v) is 4.69. The molecule has 1 N–H and O–H groups in total. The van der Waals surface area contributed by atoms with Crippen LogP contribution in [0.4, 0.5) is 5.69 Å². The van der Waals surface area contributed by atoms with E-state index in [4.69, 9.17) is 9.84 Å². The molecule has 0 bridgehead atoms. The molecule has 0 heterocycles. The largest absolute Gasteiger partial charge is 0.496 e. The summed E-state index contributed by atoms with van der Waals surface area (Å²) in [5.74, 6) is -0.735. The number of carbonyl (C=O) groups is 1. The van der Waals surface area contributed by atoms with E-state index in [0.29, 0.717) is 16.9 Å². The van der Waals surface area contributed by atoms with Crippen molar-refractivity contribution in [2.45, 2.75) is 6.92 Å². The molecule has 6 nitrogen and oxygen atoms in total. The number of nitro benzene ring substituents is 1. The minimum absolute atomic E-state index is 0.0733. The van der Waals surface area contributed by atoms with Crippen LogP contribution in [0.5, 0.6) is 5.75 Å². The van der Waals surface area contributed by atoms with Gasteiger partial charge in [-0.25, -0.2) is 4.79 Å². The van der Waals surface area contributed by atoms with Crippen molar-refractivity contribution in [1.82, 2.24) is 0 Å². The van der Waals surface area contributed by atoms with Crippen molar-refractivity contribution in [2.75, 3.05) is 7.11 Å². The van der Waals surface area contributed by atoms with Gasteiger partial charge < -0.3 is 9.84 Å². The molecule has 0 radical (unpaired) electrons. The predicted octanol–water partition coefficient (Wildman–Crippen LogP) is 2.01. The number of hydrogen-bond acceptors (Lipinski definition) is 4. The Morgan fingerprint density at radius 3 is 2.65 bits per heavy atom. The van der Waals surface area contributed by atoms with E-state index in [-0.39, 0.29) is 5.69 Å². The van der Waals surface area contributed by atoms with Gasteiger partial charge in [0.15, 0.2) is 0 Å². The van der Waals surface area contributed by atoms with Gasteiger partial charge in [-0.15, -0.1) is 0 Å². The highest BCUT2D eigenvalue weighted by Crippen LogP contribution is 2.28. The van der Waals surface area contributed by atoms with Crippen LogP contribution in [-0.2, 0) is 4.79 Å². The number of nitrogens with zero attached hydrogens (tertiary/aromatic N) is 1. The molecule has 0 aliphatic heterocycles. The maximum atomic E-state index is 10.7. The van der Waals surface area contributed by atoms with Crippen LogP contribution < -0.4 is 4.74 Å². The molecule has 0 spiro atoms. The third-order valence-corrected chi connectivity index (χ3v) is 2.15. The fraction of sp³-hybridized carbons (Fsp3) is 0.182. The molecule has 1 rings (SSSR count). The standard InChI is InChI=1S/C11H11NO5/c1-7-5-10(17-2)8(3-4-11(13)14)6-9(7)12(15)16/h3-6H,1-2H3,(H,13,14)/b4-3+. The van der Waals surface area contributed by atoms with Crippen LogP contribution in [0, 0.1) is 17.0 Å². The van der Waals surface area contributed by atoms with Crippen molar-refractivity contribution in [1.29, 1.82) is 0 Å². The Labute approximate surface area is 97.3 Å². The van der Waals surface area contributed by atoms with Crippen molar-refractivity contribution in [2.24, 2.45) is 0 Å². The second-order valence-electron chi connectivity index (χ2n) is 3.31. The molecule has 0 aliphatic rings. The predicted molar refractivity (Wildman–Crippen MR) is 61.1 cm³/mol. The van der Waals surface area contributed by atoms with Gasteiger partial charge in [-0.2, -0.15) is 0 Å². The Hall–Kier alpha value is -2.37. The molecule has 0 saturated carbocycles. The van der Waals surface area contributed by atoms with Gasteiger partial charge in [0, 0.05) is 23.3 Å². The SMILES string of the molecule is COc1cc(C)c([N+](=O)[O-])cc1/C=C/C(=O)O. The monoisotopic (exact) mass is 237 g/mol. The lowest BCUT2D eigenvalue weighted by Crippen LogP contribution is -1.96. The third kappa shape index (κ3) is 3.04. The Bertz CT molecular complexity index is 493. The molecule has 0 unspecified atom stereocenters. The summed E-state index contributed by atoms with van der Waals surface area (Å²) in [5, 5.41) is 19.2. The summed E-state index contributed by atoms with van der Waals surface area (Å²) < 4.78 is 5.03. The normalized spacial score (nSPS) is 10.5. The molecule has 1 aromatic carbocycles. The maximum Gasteiger partial charge on any atom is 0.328 e. The fourth-order valence-electron chi connectivity index (χ4n) is 1.35. The van der Waals surface area contributed by atoms with E-state index in [1.807, 2.05) is 0 Å². The number of hydrogen-bond donors (Lipinski definition) is 1. The summed E-state index contributed by atoms with van der Waals surface area (Å²) in [6.45, 7) is 1.59. The molecule has 6 heteroatoms. The van der Waals surface area contributed by atoms with Gasteiger partial charge in [-0.05, 0) is 19.1 Å². The van der Waals surface area contributed by atoms with Crippen molar-refractivity contribution in [3.63, 3.8) is 0 Å². The molecule has 0 fully saturated rings. The number of aliphatic carboxylic acids is 1. The van der Waals surface area contributed by atoms with Gasteiger partial charge in [0.05, 0.1) is 12.0 Å². The summed E-state index contributed by atoms with van der Waals surface area (Å²) in [4.78, 5) is 20.6. The molecule has 0 amide bonds. The third-order valence-electron chi connectivity index (χ3n) is 2.15. The quantitative estimate of drug-likeness (QED) is 0.491. The van der Waals surface area contributed by atoms with Gasteiger partial charge in [-0.1, -0.05) is 0 Å². The summed E-state index contributed by atoms with van der Waals surface area (Å²) in [7, 11) is 1.42. The number of carboxylic acid groups (broad SMARTS) is 1. The highest BCUT2D eigenvalue weighted by Gasteiger charge is 2.14. The van der Waals surface area contributed by atoms with Crippen LogP contribution in [0.2, 0.25) is 0 Å². The van der Waals surface area contributed by atoms with Crippen molar-refractivity contribution in [3.8, 4) is 5.75 Å². The lowest BCUT2D eigenvalue weighted by molar-refractivity contribution is -0.385. The molecule has 0 atom stereocenters. The van der Waals surface area contributed by atoms with Crippen LogP contribution in [0.1, 0.15) is 11.1 Å². The molecule has 0 aromatic heterocycles. The minimum Gasteiger partial charge on any atom is -0.496 e. The van der Waals surface area contributed by atoms with Crippen LogP contribution in [0.3, 0.4) is 0 Å². The topological polar surface area (TPSA) is 89.7 Å². The van der Waals surface area contributed by atoms with E-state index in [0.717, 1.165) is 6.08 Å². The van der Waals surface area contributed by atoms with Crippen LogP contribution in [0.25, 0.3) is 6.08 Å². The maximum absolute atomic E-state index is 10.7. The Kier molecular flexibility index (Phi) is 3.82. The zero-order chi connectivity index (χ0) is 13.0. The molecule has 0 aliphatic carbocycles. The van der Waals surface area contributed by atoms with Gasteiger partial charge in [0.2, 0.25) is 0 Å². The second kappa shape index (κ2) is 5.11. The number of benzene rings is 1.